The molecule has 0 aliphatic carbocycles. The number of anilines is 1. The Morgan fingerprint density at radius 2 is 2.15 bits per heavy atom. The van der Waals surface area contributed by atoms with Crippen molar-refractivity contribution >= 4 is 33.0 Å². The SMILES string of the molecule is CNC(C)c1ccc(N(C)CCc2cccs2)cc1Br. The zero-order valence-electron chi connectivity index (χ0n) is 12.2. The molecule has 0 fully saturated rings. The zero-order chi connectivity index (χ0) is 14.5. The van der Waals surface area contributed by atoms with E-state index in [2.05, 4.69) is 75.8 Å². The average molecular weight is 353 g/mol. The van der Waals surface area contributed by atoms with Crippen molar-refractivity contribution < 1.29 is 0 Å². The van der Waals surface area contributed by atoms with Gasteiger partial charge in [0.25, 0.3) is 0 Å². The van der Waals surface area contributed by atoms with Crippen LogP contribution < -0.4 is 10.2 Å². The Morgan fingerprint density at radius 1 is 1.35 bits per heavy atom. The summed E-state index contributed by atoms with van der Waals surface area (Å²) in [4.78, 5) is 3.74. The van der Waals surface area contributed by atoms with Crippen molar-refractivity contribution in [3.63, 3.8) is 0 Å². The molecule has 1 N–H and O–H groups in total. The maximum atomic E-state index is 3.68. The third kappa shape index (κ3) is 3.84. The molecule has 0 bridgehead atoms. The normalized spacial score (nSPS) is 12.4. The fraction of sp³-hybridized carbons (Fsp3) is 0.375. The molecule has 2 nitrogen and oxygen atoms in total. The van der Waals surface area contributed by atoms with Gasteiger partial charge in [0.1, 0.15) is 0 Å². The predicted octanol–water partition coefficient (Wildman–Crippen LogP) is 4.47. The van der Waals surface area contributed by atoms with E-state index >= 15 is 0 Å². The van der Waals surface area contributed by atoms with Gasteiger partial charge in [-0.3, -0.25) is 0 Å². The van der Waals surface area contributed by atoms with Crippen LogP contribution in [0.4, 0.5) is 5.69 Å². The third-order valence-corrected chi connectivity index (χ3v) is 5.22. The second-order valence-corrected chi connectivity index (χ2v) is 6.85. The van der Waals surface area contributed by atoms with E-state index in [4.69, 9.17) is 0 Å². The Labute approximate surface area is 133 Å². The molecular weight excluding hydrogens is 332 g/mol. The van der Waals surface area contributed by atoms with E-state index in [0.29, 0.717) is 6.04 Å². The second-order valence-electron chi connectivity index (χ2n) is 4.97. The lowest BCUT2D eigenvalue weighted by atomic mass is 10.1. The number of likely N-dealkylation sites (N-methyl/N-ethyl adjacent to an activating group) is 1. The maximum absolute atomic E-state index is 3.68. The summed E-state index contributed by atoms with van der Waals surface area (Å²) in [6.45, 7) is 3.20. The van der Waals surface area contributed by atoms with Crippen LogP contribution in [-0.4, -0.2) is 20.6 Å². The summed E-state index contributed by atoms with van der Waals surface area (Å²) < 4.78 is 1.17. The topological polar surface area (TPSA) is 15.3 Å². The number of halogens is 1. The fourth-order valence-corrected chi connectivity index (χ4v) is 3.53. The van der Waals surface area contributed by atoms with Gasteiger partial charge >= 0.3 is 0 Å². The van der Waals surface area contributed by atoms with Crippen molar-refractivity contribution in [2.24, 2.45) is 0 Å². The van der Waals surface area contributed by atoms with E-state index in [0.717, 1.165) is 13.0 Å². The average Bonchev–Trinajstić information content (AvgIpc) is 2.97. The van der Waals surface area contributed by atoms with E-state index in [1.807, 2.05) is 18.4 Å². The van der Waals surface area contributed by atoms with Crippen LogP contribution in [0.1, 0.15) is 23.4 Å². The summed E-state index contributed by atoms with van der Waals surface area (Å²) in [5.41, 5.74) is 2.54. The number of benzene rings is 1. The van der Waals surface area contributed by atoms with Crippen molar-refractivity contribution in [2.45, 2.75) is 19.4 Å². The highest BCUT2D eigenvalue weighted by molar-refractivity contribution is 9.10. The van der Waals surface area contributed by atoms with Crippen molar-refractivity contribution in [1.29, 1.82) is 0 Å². The van der Waals surface area contributed by atoms with Gasteiger partial charge in [0, 0.05) is 34.7 Å². The van der Waals surface area contributed by atoms with Crippen LogP contribution >= 0.6 is 27.3 Å². The van der Waals surface area contributed by atoms with Crippen LogP contribution in [0, 0.1) is 0 Å². The van der Waals surface area contributed by atoms with E-state index in [9.17, 15) is 0 Å². The Balaban J connectivity index is 2.03. The summed E-state index contributed by atoms with van der Waals surface area (Å²) in [6, 6.07) is 11.3. The Kier molecular flexibility index (Phi) is 5.64. The molecule has 1 aromatic heterocycles. The second kappa shape index (κ2) is 7.25. The molecule has 1 unspecified atom stereocenters. The summed E-state index contributed by atoms with van der Waals surface area (Å²) in [5, 5.41) is 5.41. The molecule has 2 aromatic rings. The molecule has 20 heavy (non-hydrogen) atoms. The van der Waals surface area contributed by atoms with Crippen molar-refractivity contribution in [3.8, 4) is 0 Å². The van der Waals surface area contributed by atoms with E-state index in [1.165, 1.54) is 20.6 Å². The quantitative estimate of drug-likeness (QED) is 0.824. The largest absolute Gasteiger partial charge is 0.374 e. The first kappa shape index (κ1) is 15.5. The number of hydrogen-bond donors (Lipinski definition) is 1. The first-order valence-electron chi connectivity index (χ1n) is 6.82. The Hall–Kier alpha value is -0.840. The zero-order valence-corrected chi connectivity index (χ0v) is 14.6. The van der Waals surface area contributed by atoms with Gasteiger partial charge in [-0.15, -0.1) is 11.3 Å². The molecule has 0 aliphatic heterocycles. The number of thiophene rings is 1. The maximum Gasteiger partial charge on any atom is 0.0375 e. The molecule has 0 aliphatic rings. The minimum absolute atomic E-state index is 0.356. The predicted molar refractivity (Wildman–Crippen MR) is 92.9 cm³/mol. The van der Waals surface area contributed by atoms with Crippen LogP contribution in [0.5, 0.6) is 0 Å². The smallest absolute Gasteiger partial charge is 0.0375 e. The Bertz CT molecular complexity index is 539. The molecule has 4 heteroatoms. The molecule has 0 saturated carbocycles. The number of hydrogen-bond acceptors (Lipinski definition) is 3. The standard InChI is InChI=1S/C16H21BrN2S/c1-12(18-2)15-7-6-13(11-16(15)17)19(3)9-8-14-5-4-10-20-14/h4-7,10-12,18H,8-9H2,1-3H3. The lowest BCUT2D eigenvalue weighted by Gasteiger charge is -2.21. The molecule has 0 spiro atoms. The Morgan fingerprint density at radius 3 is 2.75 bits per heavy atom. The minimum Gasteiger partial charge on any atom is -0.374 e. The molecular formula is C16H21BrN2S. The van der Waals surface area contributed by atoms with Crippen LogP contribution in [0.25, 0.3) is 0 Å². The molecule has 0 saturated heterocycles. The van der Waals surface area contributed by atoms with Crippen LogP contribution in [0.2, 0.25) is 0 Å². The van der Waals surface area contributed by atoms with Gasteiger partial charge in [-0.05, 0) is 49.5 Å². The van der Waals surface area contributed by atoms with Gasteiger partial charge in [-0.25, -0.2) is 0 Å². The number of rotatable bonds is 6. The van der Waals surface area contributed by atoms with Crippen molar-refractivity contribution in [2.75, 3.05) is 25.5 Å². The molecule has 2 rings (SSSR count). The highest BCUT2D eigenvalue weighted by Crippen LogP contribution is 2.28. The summed E-state index contributed by atoms with van der Waals surface area (Å²) >= 11 is 5.51. The molecule has 0 amide bonds. The highest BCUT2D eigenvalue weighted by Gasteiger charge is 2.09. The fourth-order valence-electron chi connectivity index (χ4n) is 2.12. The van der Waals surface area contributed by atoms with Gasteiger partial charge in [0.2, 0.25) is 0 Å². The molecule has 1 aromatic carbocycles. The van der Waals surface area contributed by atoms with E-state index in [1.54, 1.807) is 0 Å². The van der Waals surface area contributed by atoms with E-state index < -0.39 is 0 Å². The molecule has 1 heterocycles. The molecule has 1 atom stereocenters. The monoisotopic (exact) mass is 352 g/mol. The van der Waals surface area contributed by atoms with Gasteiger partial charge in [0.05, 0.1) is 0 Å². The van der Waals surface area contributed by atoms with Crippen LogP contribution in [0.15, 0.2) is 40.2 Å². The third-order valence-electron chi connectivity index (χ3n) is 3.60. The lowest BCUT2D eigenvalue weighted by molar-refractivity contribution is 0.649. The number of nitrogens with one attached hydrogen (secondary N) is 1. The van der Waals surface area contributed by atoms with Gasteiger partial charge < -0.3 is 10.2 Å². The highest BCUT2D eigenvalue weighted by atomic mass is 79.9. The van der Waals surface area contributed by atoms with Crippen LogP contribution in [0.3, 0.4) is 0 Å². The van der Waals surface area contributed by atoms with Gasteiger partial charge in [-0.2, -0.15) is 0 Å². The van der Waals surface area contributed by atoms with Crippen LogP contribution in [-0.2, 0) is 6.42 Å². The molecule has 108 valence electrons. The van der Waals surface area contributed by atoms with Gasteiger partial charge in [0.15, 0.2) is 0 Å². The molecule has 0 radical (unpaired) electrons. The van der Waals surface area contributed by atoms with Gasteiger partial charge in [-0.1, -0.05) is 28.1 Å². The first-order chi connectivity index (χ1) is 9.61. The minimum atomic E-state index is 0.356. The van der Waals surface area contributed by atoms with Crippen molar-refractivity contribution in [3.05, 3.63) is 50.6 Å². The van der Waals surface area contributed by atoms with Crippen molar-refractivity contribution in [1.82, 2.24) is 5.32 Å². The first-order valence-corrected chi connectivity index (χ1v) is 8.49. The summed E-state index contributed by atoms with van der Waals surface area (Å²) in [7, 11) is 4.13. The summed E-state index contributed by atoms with van der Waals surface area (Å²) in [5.74, 6) is 0. The lowest BCUT2D eigenvalue weighted by Crippen LogP contribution is -2.20. The summed E-state index contributed by atoms with van der Waals surface area (Å²) in [6.07, 6.45) is 1.10. The number of nitrogens with zero attached hydrogens (tertiary/aromatic N) is 1. The van der Waals surface area contributed by atoms with E-state index in [-0.39, 0.29) is 0 Å².